The highest BCUT2D eigenvalue weighted by Crippen LogP contribution is 2.34. The SMILES string of the molecule is CC1CCC[C@H](NC(=O)C=Cc2cc(Cl)ccc2-n2cnnn2)c2nc(c(Cl)[nH]2)-c2ccccc2NC(=O)C1. The number of nitrogens with one attached hydrogen (secondary N) is 3. The van der Waals surface area contributed by atoms with E-state index in [9.17, 15) is 9.59 Å². The highest BCUT2D eigenvalue weighted by molar-refractivity contribution is 6.32. The Balaban J connectivity index is 1.42. The molecule has 2 aromatic carbocycles. The van der Waals surface area contributed by atoms with Crippen LogP contribution in [0.25, 0.3) is 23.0 Å². The summed E-state index contributed by atoms with van der Waals surface area (Å²) in [5.74, 6) is 0.350. The zero-order chi connectivity index (χ0) is 27.4. The van der Waals surface area contributed by atoms with Crippen molar-refractivity contribution in [2.75, 3.05) is 5.32 Å². The summed E-state index contributed by atoms with van der Waals surface area (Å²) >= 11 is 12.8. The summed E-state index contributed by atoms with van der Waals surface area (Å²) in [6, 6.07) is 12.2. The number of carbonyl (C=O) groups excluding carboxylic acids is 2. The summed E-state index contributed by atoms with van der Waals surface area (Å²) in [5.41, 5.74) is 3.19. The number of benzene rings is 2. The van der Waals surface area contributed by atoms with Gasteiger partial charge in [-0.05, 0) is 53.1 Å². The van der Waals surface area contributed by atoms with Crippen LogP contribution in [0.15, 0.2) is 54.9 Å². The van der Waals surface area contributed by atoms with E-state index < -0.39 is 6.04 Å². The van der Waals surface area contributed by atoms with E-state index in [2.05, 4.69) is 38.1 Å². The van der Waals surface area contributed by atoms with Crippen LogP contribution in [-0.2, 0) is 9.59 Å². The molecule has 0 aliphatic carbocycles. The number of fused-ring (bicyclic) bond motifs is 4. The van der Waals surface area contributed by atoms with Crippen molar-refractivity contribution in [1.29, 1.82) is 0 Å². The maximum absolute atomic E-state index is 13.1. The number of amides is 2. The Hall–Kier alpha value is -4.02. The molecule has 0 radical (unpaired) electrons. The van der Waals surface area contributed by atoms with Crippen LogP contribution < -0.4 is 10.6 Å². The van der Waals surface area contributed by atoms with E-state index in [4.69, 9.17) is 28.2 Å². The number of hydrogen-bond acceptors (Lipinski definition) is 6. The van der Waals surface area contributed by atoms with Crippen molar-refractivity contribution in [3.63, 3.8) is 0 Å². The predicted octanol–water partition coefficient (Wildman–Crippen LogP) is 5.38. The largest absolute Gasteiger partial charge is 0.343 e. The van der Waals surface area contributed by atoms with Gasteiger partial charge in [0.15, 0.2) is 0 Å². The van der Waals surface area contributed by atoms with Crippen molar-refractivity contribution in [1.82, 2.24) is 35.5 Å². The minimum atomic E-state index is -0.421. The number of aromatic nitrogens is 6. The third-order valence-corrected chi connectivity index (χ3v) is 7.01. The highest BCUT2D eigenvalue weighted by Gasteiger charge is 2.23. The summed E-state index contributed by atoms with van der Waals surface area (Å²) in [4.78, 5) is 33.7. The van der Waals surface area contributed by atoms with Gasteiger partial charge in [0.05, 0.1) is 17.4 Å². The van der Waals surface area contributed by atoms with Crippen LogP contribution >= 0.6 is 23.2 Å². The molecule has 2 aromatic heterocycles. The minimum absolute atomic E-state index is 0.0573. The van der Waals surface area contributed by atoms with E-state index in [0.29, 0.717) is 57.0 Å². The molecule has 0 fully saturated rings. The summed E-state index contributed by atoms with van der Waals surface area (Å²) in [5, 5.41) is 18.2. The van der Waals surface area contributed by atoms with E-state index in [1.54, 1.807) is 24.3 Å². The quantitative estimate of drug-likeness (QED) is 0.285. The van der Waals surface area contributed by atoms with Crippen LogP contribution in [-0.4, -0.2) is 42.0 Å². The van der Waals surface area contributed by atoms with Gasteiger partial charge in [-0.25, -0.2) is 4.98 Å². The van der Waals surface area contributed by atoms with Crippen molar-refractivity contribution in [2.45, 2.75) is 38.6 Å². The number of para-hydroxylation sites is 1. The molecule has 4 aromatic rings. The molecule has 0 saturated carbocycles. The number of aromatic amines is 1. The summed E-state index contributed by atoms with van der Waals surface area (Å²) in [7, 11) is 0. The van der Waals surface area contributed by atoms with Crippen molar-refractivity contribution < 1.29 is 9.59 Å². The lowest BCUT2D eigenvalue weighted by Crippen LogP contribution is -2.28. The molecule has 39 heavy (non-hydrogen) atoms. The molecule has 2 bridgehead atoms. The van der Waals surface area contributed by atoms with Crippen LogP contribution in [0.2, 0.25) is 10.2 Å². The second-order valence-corrected chi connectivity index (χ2v) is 10.3. The van der Waals surface area contributed by atoms with Crippen molar-refractivity contribution in [3.05, 3.63) is 76.4 Å². The first kappa shape index (κ1) is 26.6. The lowest BCUT2D eigenvalue weighted by Gasteiger charge is -2.17. The maximum Gasteiger partial charge on any atom is 0.244 e. The number of halogens is 2. The molecule has 200 valence electrons. The molecular formula is C27H26Cl2N8O2. The van der Waals surface area contributed by atoms with Gasteiger partial charge in [-0.1, -0.05) is 61.2 Å². The van der Waals surface area contributed by atoms with E-state index in [-0.39, 0.29) is 17.7 Å². The number of carbonyl (C=O) groups is 2. The fourth-order valence-electron chi connectivity index (χ4n) is 4.60. The van der Waals surface area contributed by atoms with Gasteiger partial charge in [0, 0.05) is 28.6 Å². The first-order valence-electron chi connectivity index (χ1n) is 12.5. The number of nitrogens with zero attached hydrogens (tertiary/aromatic N) is 5. The summed E-state index contributed by atoms with van der Waals surface area (Å²) in [6.45, 7) is 2.05. The lowest BCUT2D eigenvalue weighted by atomic mass is 9.98. The monoisotopic (exact) mass is 564 g/mol. The third-order valence-electron chi connectivity index (χ3n) is 6.50. The van der Waals surface area contributed by atoms with Gasteiger partial charge in [0.1, 0.15) is 23.0 Å². The molecule has 0 spiro atoms. The van der Waals surface area contributed by atoms with Crippen LogP contribution in [0.1, 0.15) is 50.0 Å². The van der Waals surface area contributed by atoms with Crippen molar-refractivity contribution in [2.24, 2.45) is 5.92 Å². The molecule has 0 saturated heterocycles. The van der Waals surface area contributed by atoms with E-state index in [0.717, 1.165) is 12.8 Å². The number of hydrogen-bond donors (Lipinski definition) is 3. The lowest BCUT2D eigenvalue weighted by molar-refractivity contribution is -0.117. The maximum atomic E-state index is 13.1. The van der Waals surface area contributed by atoms with E-state index >= 15 is 0 Å². The van der Waals surface area contributed by atoms with Crippen LogP contribution in [0.3, 0.4) is 0 Å². The molecule has 3 N–H and O–H groups in total. The normalized spacial score (nSPS) is 18.0. The molecule has 1 aliphatic rings. The first-order valence-corrected chi connectivity index (χ1v) is 13.3. The van der Waals surface area contributed by atoms with E-state index in [1.165, 1.54) is 17.1 Å². The smallest absolute Gasteiger partial charge is 0.244 e. The molecule has 2 amide bonds. The Bertz CT molecular complexity index is 1520. The average molecular weight is 565 g/mol. The molecule has 2 atom stereocenters. The number of imidazole rings is 1. The van der Waals surface area contributed by atoms with Gasteiger partial charge in [0.2, 0.25) is 11.8 Å². The molecule has 5 rings (SSSR count). The van der Waals surface area contributed by atoms with Gasteiger partial charge in [-0.15, -0.1) is 5.10 Å². The standard InChI is InChI=1S/C27H26Cl2N8O2/c1-16-5-4-8-21(27-33-25(26(29)34-27)19-6-2-3-7-20(19)31-24(39)13-16)32-23(38)12-9-17-14-18(28)10-11-22(17)37-15-30-35-36-37/h2-3,6-7,9-12,14-16,21H,4-5,8,13H2,1H3,(H,31,39)(H,32,38)(H,33,34)/t16?,21-/m0/s1. The van der Waals surface area contributed by atoms with Gasteiger partial charge >= 0.3 is 0 Å². The van der Waals surface area contributed by atoms with Gasteiger partial charge in [-0.3, -0.25) is 9.59 Å². The first-order chi connectivity index (χ1) is 18.9. The molecule has 1 aliphatic heterocycles. The minimum Gasteiger partial charge on any atom is -0.343 e. The Labute approximate surface area is 234 Å². The molecular weight excluding hydrogens is 539 g/mol. The van der Waals surface area contributed by atoms with Crippen molar-refractivity contribution in [3.8, 4) is 16.9 Å². The highest BCUT2D eigenvalue weighted by atomic mass is 35.5. The Morgan fingerprint density at radius 1 is 1.18 bits per heavy atom. The predicted molar refractivity (Wildman–Crippen MR) is 149 cm³/mol. The van der Waals surface area contributed by atoms with Crippen LogP contribution in [0.5, 0.6) is 0 Å². The Kier molecular flexibility index (Phi) is 8.04. The second-order valence-electron chi connectivity index (χ2n) is 9.47. The zero-order valence-corrected chi connectivity index (χ0v) is 22.6. The second kappa shape index (κ2) is 11.8. The number of H-pyrrole nitrogens is 1. The summed E-state index contributed by atoms with van der Waals surface area (Å²) < 4.78 is 1.49. The Morgan fingerprint density at radius 2 is 2.03 bits per heavy atom. The fraction of sp³-hybridized carbons (Fsp3) is 0.259. The zero-order valence-electron chi connectivity index (χ0n) is 21.1. The average Bonchev–Trinajstić information content (AvgIpc) is 3.57. The molecule has 3 heterocycles. The molecule has 1 unspecified atom stereocenters. The number of tetrazole rings is 1. The third kappa shape index (κ3) is 6.35. The summed E-state index contributed by atoms with van der Waals surface area (Å²) in [6.07, 6.45) is 7.17. The van der Waals surface area contributed by atoms with Gasteiger partial charge in [-0.2, -0.15) is 4.68 Å². The fourth-order valence-corrected chi connectivity index (χ4v) is 5.02. The van der Waals surface area contributed by atoms with Crippen molar-refractivity contribution >= 4 is 46.8 Å². The number of rotatable bonds is 4. The molecule has 12 heteroatoms. The number of anilines is 1. The van der Waals surface area contributed by atoms with Gasteiger partial charge in [0.25, 0.3) is 0 Å². The van der Waals surface area contributed by atoms with Crippen LogP contribution in [0, 0.1) is 5.92 Å². The topological polar surface area (TPSA) is 130 Å². The van der Waals surface area contributed by atoms with Gasteiger partial charge < -0.3 is 15.6 Å². The molecule has 10 nitrogen and oxygen atoms in total. The van der Waals surface area contributed by atoms with Crippen LogP contribution in [0.4, 0.5) is 5.69 Å². The van der Waals surface area contributed by atoms with E-state index in [1.807, 2.05) is 24.3 Å². The Morgan fingerprint density at radius 3 is 2.85 bits per heavy atom.